The Bertz CT molecular complexity index is 1250. The standard InChI is InChI=1S/C20H20Cl2N4O3S/c1-13(19-23-17-5-3-2-4-15(17)20(27)24-19)25-8-10-26(11-9-25)30(28,29)18-12-14(21)6-7-16(18)22/h2-7,12-13H,8-11H2,1H3,(H,23,24,27)/t13-/m1/s1. The maximum atomic E-state index is 13.0. The number of nitrogens with one attached hydrogen (secondary N) is 1. The lowest BCUT2D eigenvalue weighted by molar-refractivity contribution is 0.141. The summed E-state index contributed by atoms with van der Waals surface area (Å²) in [6.07, 6.45) is 0. The molecular formula is C20H20Cl2N4O3S. The van der Waals surface area contributed by atoms with Crippen LogP contribution >= 0.6 is 23.2 Å². The molecule has 1 aliphatic rings. The van der Waals surface area contributed by atoms with Crippen molar-refractivity contribution >= 4 is 44.1 Å². The predicted molar refractivity (Wildman–Crippen MR) is 118 cm³/mol. The third kappa shape index (κ3) is 3.98. The summed E-state index contributed by atoms with van der Waals surface area (Å²) in [6.45, 7) is 3.54. The van der Waals surface area contributed by atoms with E-state index in [1.807, 2.05) is 13.0 Å². The number of rotatable bonds is 4. The summed E-state index contributed by atoms with van der Waals surface area (Å²) in [6, 6.07) is 11.4. The SMILES string of the molecule is C[C@H](c1nc2ccccc2c(=O)[nH]1)N1CCN(S(=O)(=O)c2cc(Cl)ccc2Cl)CC1. The molecule has 7 nitrogen and oxygen atoms in total. The maximum Gasteiger partial charge on any atom is 0.258 e. The molecule has 1 atom stereocenters. The summed E-state index contributed by atoms with van der Waals surface area (Å²) in [5.74, 6) is 0.563. The smallest absolute Gasteiger partial charge is 0.258 e. The summed E-state index contributed by atoms with van der Waals surface area (Å²) >= 11 is 12.1. The molecule has 0 amide bonds. The number of aromatic nitrogens is 2. The minimum Gasteiger partial charge on any atom is -0.309 e. The van der Waals surface area contributed by atoms with Gasteiger partial charge in [0, 0.05) is 31.2 Å². The van der Waals surface area contributed by atoms with Crippen molar-refractivity contribution in [2.45, 2.75) is 17.9 Å². The number of para-hydroxylation sites is 1. The minimum absolute atomic E-state index is 0.0127. The average Bonchev–Trinajstić information content (AvgIpc) is 2.75. The summed E-state index contributed by atoms with van der Waals surface area (Å²) in [5.41, 5.74) is 0.458. The number of fused-ring (bicyclic) bond motifs is 1. The van der Waals surface area contributed by atoms with Gasteiger partial charge in [-0.25, -0.2) is 13.4 Å². The molecule has 4 rings (SSSR count). The molecule has 0 radical (unpaired) electrons. The van der Waals surface area contributed by atoms with Crippen LogP contribution < -0.4 is 5.56 Å². The zero-order valence-electron chi connectivity index (χ0n) is 16.2. The van der Waals surface area contributed by atoms with E-state index in [1.54, 1.807) is 24.3 Å². The van der Waals surface area contributed by atoms with Gasteiger partial charge < -0.3 is 4.98 Å². The van der Waals surface area contributed by atoms with Crippen molar-refractivity contribution in [3.05, 3.63) is 68.7 Å². The molecule has 1 N–H and O–H groups in total. The highest BCUT2D eigenvalue weighted by atomic mass is 35.5. The van der Waals surface area contributed by atoms with E-state index in [4.69, 9.17) is 23.2 Å². The number of halogens is 2. The molecule has 0 aliphatic carbocycles. The quantitative estimate of drug-likeness (QED) is 0.637. The number of H-pyrrole nitrogens is 1. The zero-order chi connectivity index (χ0) is 21.5. The third-order valence-electron chi connectivity index (χ3n) is 5.36. The van der Waals surface area contributed by atoms with Gasteiger partial charge >= 0.3 is 0 Å². The molecule has 1 aliphatic heterocycles. The van der Waals surface area contributed by atoms with E-state index in [0.717, 1.165) is 0 Å². The Labute approximate surface area is 184 Å². The van der Waals surface area contributed by atoms with Crippen LogP contribution in [0.15, 0.2) is 52.2 Å². The first-order valence-electron chi connectivity index (χ1n) is 9.45. The van der Waals surface area contributed by atoms with Crippen LogP contribution in [0, 0.1) is 0 Å². The molecular weight excluding hydrogens is 447 g/mol. The van der Waals surface area contributed by atoms with Crippen molar-refractivity contribution in [1.82, 2.24) is 19.2 Å². The van der Waals surface area contributed by atoms with Crippen molar-refractivity contribution in [2.24, 2.45) is 0 Å². The van der Waals surface area contributed by atoms with Crippen LogP contribution in [-0.4, -0.2) is 53.8 Å². The lowest BCUT2D eigenvalue weighted by atomic mass is 10.2. The second kappa shape index (κ2) is 8.28. The molecule has 1 saturated heterocycles. The number of hydrogen-bond acceptors (Lipinski definition) is 5. The van der Waals surface area contributed by atoms with E-state index in [0.29, 0.717) is 47.9 Å². The number of aromatic amines is 1. The number of benzene rings is 2. The van der Waals surface area contributed by atoms with Gasteiger partial charge in [-0.3, -0.25) is 9.69 Å². The molecule has 0 spiro atoms. The fourth-order valence-electron chi connectivity index (χ4n) is 3.62. The minimum atomic E-state index is -3.75. The van der Waals surface area contributed by atoms with Crippen LogP contribution in [0.25, 0.3) is 10.9 Å². The van der Waals surface area contributed by atoms with Gasteiger partial charge in [-0.05, 0) is 37.3 Å². The Morgan fingerprint density at radius 2 is 1.77 bits per heavy atom. The molecule has 3 aromatic rings. The van der Waals surface area contributed by atoms with Crippen molar-refractivity contribution in [3.63, 3.8) is 0 Å². The highest BCUT2D eigenvalue weighted by Gasteiger charge is 2.32. The first-order chi connectivity index (χ1) is 14.3. The third-order valence-corrected chi connectivity index (χ3v) is 7.97. The lowest BCUT2D eigenvalue weighted by Crippen LogP contribution is -2.49. The van der Waals surface area contributed by atoms with Crippen molar-refractivity contribution < 1.29 is 8.42 Å². The van der Waals surface area contributed by atoms with Gasteiger partial charge in [0.15, 0.2) is 0 Å². The van der Waals surface area contributed by atoms with Crippen LogP contribution in [0.5, 0.6) is 0 Å². The van der Waals surface area contributed by atoms with Gasteiger partial charge in [0.2, 0.25) is 10.0 Å². The van der Waals surface area contributed by atoms with E-state index >= 15 is 0 Å². The number of hydrogen-bond donors (Lipinski definition) is 1. The monoisotopic (exact) mass is 466 g/mol. The molecule has 158 valence electrons. The highest BCUT2D eigenvalue weighted by Crippen LogP contribution is 2.29. The molecule has 10 heteroatoms. The van der Waals surface area contributed by atoms with Gasteiger partial charge in [0.25, 0.3) is 5.56 Å². The highest BCUT2D eigenvalue weighted by molar-refractivity contribution is 7.89. The normalized spacial score (nSPS) is 17.3. The molecule has 2 heterocycles. The maximum absolute atomic E-state index is 13.0. The molecule has 1 aromatic heterocycles. The lowest BCUT2D eigenvalue weighted by Gasteiger charge is -2.37. The van der Waals surface area contributed by atoms with Gasteiger partial charge in [-0.1, -0.05) is 35.3 Å². The number of nitrogens with zero attached hydrogens (tertiary/aromatic N) is 3. The Balaban J connectivity index is 1.52. The van der Waals surface area contributed by atoms with Crippen molar-refractivity contribution in [3.8, 4) is 0 Å². The van der Waals surface area contributed by atoms with Crippen LogP contribution in [0.2, 0.25) is 10.0 Å². The number of sulfonamides is 1. The van der Waals surface area contributed by atoms with Crippen LogP contribution in [0.4, 0.5) is 0 Å². The summed E-state index contributed by atoms with van der Waals surface area (Å²) in [5, 5.41) is 1.01. The topological polar surface area (TPSA) is 86.4 Å². The summed E-state index contributed by atoms with van der Waals surface area (Å²) in [4.78, 5) is 21.9. The Hall–Kier alpha value is -1.97. The second-order valence-electron chi connectivity index (χ2n) is 7.16. The predicted octanol–water partition coefficient (Wildman–Crippen LogP) is 3.30. The van der Waals surface area contributed by atoms with Crippen LogP contribution in [0.3, 0.4) is 0 Å². The largest absolute Gasteiger partial charge is 0.309 e. The Morgan fingerprint density at radius 3 is 2.50 bits per heavy atom. The molecule has 0 bridgehead atoms. The fraction of sp³-hybridized carbons (Fsp3) is 0.300. The Morgan fingerprint density at radius 1 is 1.07 bits per heavy atom. The van der Waals surface area contributed by atoms with Gasteiger partial charge in [-0.15, -0.1) is 0 Å². The van der Waals surface area contributed by atoms with Crippen molar-refractivity contribution in [1.29, 1.82) is 0 Å². The van der Waals surface area contributed by atoms with Gasteiger partial charge in [-0.2, -0.15) is 4.31 Å². The first-order valence-corrected chi connectivity index (χ1v) is 11.6. The molecule has 1 fully saturated rings. The number of piperazine rings is 1. The molecule has 0 unspecified atom stereocenters. The van der Waals surface area contributed by atoms with Crippen LogP contribution in [-0.2, 0) is 10.0 Å². The van der Waals surface area contributed by atoms with E-state index in [-0.39, 0.29) is 21.5 Å². The second-order valence-corrected chi connectivity index (χ2v) is 9.91. The van der Waals surface area contributed by atoms with E-state index in [1.165, 1.54) is 16.4 Å². The van der Waals surface area contributed by atoms with Crippen LogP contribution in [0.1, 0.15) is 18.8 Å². The van der Waals surface area contributed by atoms with E-state index < -0.39 is 10.0 Å². The Kier molecular flexibility index (Phi) is 5.87. The fourth-order valence-corrected chi connectivity index (χ4v) is 5.78. The summed E-state index contributed by atoms with van der Waals surface area (Å²) in [7, 11) is -3.75. The molecule has 0 saturated carbocycles. The first kappa shape index (κ1) is 21.3. The van der Waals surface area contributed by atoms with E-state index in [9.17, 15) is 13.2 Å². The van der Waals surface area contributed by atoms with Gasteiger partial charge in [0.1, 0.15) is 10.7 Å². The van der Waals surface area contributed by atoms with E-state index in [2.05, 4.69) is 14.9 Å². The zero-order valence-corrected chi connectivity index (χ0v) is 18.5. The molecule has 30 heavy (non-hydrogen) atoms. The van der Waals surface area contributed by atoms with Gasteiger partial charge in [0.05, 0.1) is 22.0 Å². The van der Waals surface area contributed by atoms with Crippen molar-refractivity contribution in [2.75, 3.05) is 26.2 Å². The molecule has 2 aromatic carbocycles. The summed E-state index contributed by atoms with van der Waals surface area (Å²) < 4.78 is 27.4. The average molecular weight is 467 g/mol.